The minimum Gasteiger partial charge on any atom is -0.490 e. The molecule has 6 nitrogen and oxygen atoms in total. The number of furan rings is 1. The average Bonchev–Trinajstić information content (AvgIpc) is 3.24. The van der Waals surface area contributed by atoms with Gasteiger partial charge in [-0.1, -0.05) is 48.0 Å². The number of benzene rings is 3. The summed E-state index contributed by atoms with van der Waals surface area (Å²) in [5.74, 6) is 1.06. The smallest absolute Gasteiger partial charge is 0.307 e. The van der Waals surface area contributed by atoms with Crippen LogP contribution in [0.5, 0.6) is 11.5 Å². The Kier molecular flexibility index (Phi) is 6.51. The molecule has 4 aromatic rings. The van der Waals surface area contributed by atoms with Crippen molar-refractivity contribution in [2.45, 2.75) is 20.5 Å². The first-order valence-corrected chi connectivity index (χ1v) is 10.4. The Hall–Kier alpha value is -4.06. The van der Waals surface area contributed by atoms with Crippen molar-refractivity contribution in [3.63, 3.8) is 0 Å². The summed E-state index contributed by atoms with van der Waals surface area (Å²) in [6, 6.07) is 22.8. The van der Waals surface area contributed by atoms with Crippen LogP contribution in [0.3, 0.4) is 0 Å². The van der Waals surface area contributed by atoms with Gasteiger partial charge >= 0.3 is 5.91 Å². The molecule has 0 saturated carbocycles. The Balaban J connectivity index is 1.41. The largest absolute Gasteiger partial charge is 0.490 e. The van der Waals surface area contributed by atoms with E-state index in [9.17, 15) is 4.79 Å². The molecule has 0 aliphatic carbocycles. The van der Waals surface area contributed by atoms with Gasteiger partial charge in [0.2, 0.25) is 0 Å². The summed E-state index contributed by atoms with van der Waals surface area (Å²) < 4.78 is 17.2. The Morgan fingerprint density at radius 3 is 2.59 bits per heavy atom. The summed E-state index contributed by atoms with van der Waals surface area (Å²) in [7, 11) is 0. The highest BCUT2D eigenvalue weighted by Crippen LogP contribution is 2.29. The molecule has 4 rings (SSSR count). The molecule has 0 atom stereocenters. The van der Waals surface area contributed by atoms with Crippen molar-refractivity contribution in [3.05, 3.63) is 95.2 Å². The van der Waals surface area contributed by atoms with E-state index >= 15 is 0 Å². The first-order chi connectivity index (χ1) is 15.6. The van der Waals surface area contributed by atoms with Gasteiger partial charge in [0, 0.05) is 5.39 Å². The summed E-state index contributed by atoms with van der Waals surface area (Å²) in [6.07, 6.45) is 1.55. The normalized spacial score (nSPS) is 11.1. The van der Waals surface area contributed by atoms with Gasteiger partial charge in [-0.25, -0.2) is 5.43 Å². The third-order valence-corrected chi connectivity index (χ3v) is 4.81. The van der Waals surface area contributed by atoms with Crippen LogP contribution in [0.2, 0.25) is 0 Å². The highest BCUT2D eigenvalue weighted by atomic mass is 16.5. The summed E-state index contributed by atoms with van der Waals surface area (Å²) in [6.45, 7) is 4.92. The SMILES string of the molecule is CCOc1cc(/C=N\NC(=O)c2cc3ccccc3o2)ccc1OCc1ccc(C)cc1. The van der Waals surface area contributed by atoms with Crippen LogP contribution < -0.4 is 14.9 Å². The zero-order valence-corrected chi connectivity index (χ0v) is 18.0. The molecule has 0 bridgehead atoms. The predicted octanol–water partition coefficient (Wildman–Crippen LogP) is 5.48. The minimum atomic E-state index is -0.416. The maximum absolute atomic E-state index is 12.3. The number of carbonyl (C=O) groups is 1. The van der Waals surface area contributed by atoms with E-state index in [1.54, 1.807) is 12.3 Å². The van der Waals surface area contributed by atoms with Crippen molar-refractivity contribution >= 4 is 23.1 Å². The second kappa shape index (κ2) is 9.83. The molecule has 0 fully saturated rings. The molecule has 0 aliphatic heterocycles. The van der Waals surface area contributed by atoms with E-state index in [4.69, 9.17) is 13.9 Å². The van der Waals surface area contributed by atoms with Crippen LogP contribution in [0.25, 0.3) is 11.0 Å². The number of rotatable bonds is 8. The van der Waals surface area contributed by atoms with E-state index in [0.29, 0.717) is 30.3 Å². The molecule has 1 aromatic heterocycles. The highest BCUT2D eigenvalue weighted by molar-refractivity contribution is 5.96. The van der Waals surface area contributed by atoms with Gasteiger partial charge < -0.3 is 13.9 Å². The van der Waals surface area contributed by atoms with Crippen LogP contribution in [0, 0.1) is 6.92 Å². The fourth-order valence-corrected chi connectivity index (χ4v) is 3.15. The van der Waals surface area contributed by atoms with Crippen LogP contribution in [0.4, 0.5) is 0 Å². The standard InChI is InChI=1S/C26H24N2O4/c1-3-30-24-14-20(12-13-23(24)31-17-19-10-8-18(2)9-11-19)16-27-28-26(29)25-15-21-6-4-5-7-22(21)32-25/h4-16H,3,17H2,1-2H3,(H,28,29)/b27-16-. The molecule has 0 unspecified atom stereocenters. The van der Waals surface area contributed by atoms with E-state index in [0.717, 1.165) is 16.5 Å². The molecular formula is C26H24N2O4. The maximum atomic E-state index is 12.3. The van der Waals surface area contributed by atoms with Crippen LogP contribution in [-0.2, 0) is 6.61 Å². The minimum absolute atomic E-state index is 0.207. The molecule has 1 amide bonds. The quantitative estimate of drug-likeness (QED) is 0.298. The van der Waals surface area contributed by atoms with Gasteiger partial charge in [-0.3, -0.25) is 4.79 Å². The summed E-state index contributed by atoms with van der Waals surface area (Å²) in [5.41, 5.74) is 6.20. The Morgan fingerprint density at radius 2 is 1.81 bits per heavy atom. The summed E-state index contributed by atoms with van der Waals surface area (Å²) in [5, 5.41) is 4.90. The third kappa shape index (κ3) is 5.16. The van der Waals surface area contributed by atoms with Gasteiger partial charge in [0.15, 0.2) is 17.3 Å². The lowest BCUT2D eigenvalue weighted by atomic mass is 10.2. The number of ether oxygens (including phenoxy) is 2. The zero-order chi connectivity index (χ0) is 22.3. The summed E-state index contributed by atoms with van der Waals surface area (Å²) >= 11 is 0. The fourth-order valence-electron chi connectivity index (χ4n) is 3.15. The lowest BCUT2D eigenvalue weighted by Gasteiger charge is -2.12. The van der Waals surface area contributed by atoms with Gasteiger partial charge in [-0.2, -0.15) is 5.10 Å². The Bertz CT molecular complexity index is 1210. The Labute approximate surface area is 186 Å². The molecule has 3 aromatic carbocycles. The van der Waals surface area contributed by atoms with Gasteiger partial charge in [-0.15, -0.1) is 0 Å². The van der Waals surface area contributed by atoms with Gasteiger partial charge in [0.1, 0.15) is 12.2 Å². The van der Waals surface area contributed by atoms with Crippen molar-refractivity contribution in [2.24, 2.45) is 5.10 Å². The van der Waals surface area contributed by atoms with Crippen LogP contribution in [-0.4, -0.2) is 18.7 Å². The number of aryl methyl sites for hydroxylation is 1. The summed E-state index contributed by atoms with van der Waals surface area (Å²) in [4.78, 5) is 12.3. The van der Waals surface area contributed by atoms with E-state index in [2.05, 4.69) is 29.6 Å². The number of nitrogens with one attached hydrogen (secondary N) is 1. The van der Waals surface area contributed by atoms with E-state index < -0.39 is 5.91 Å². The van der Waals surface area contributed by atoms with Crippen molar-refractivity contribution in [1.29, 1.82) is 0 Å². The number of para-hydroxylation sites is 1. The first-order valence-electron chi connectivity index (χ1n) is 10.4. The van der Waals surface area contributed by atoms with Crippen molar-refractivity contribution in [2.75, 3.05) is 6.61 Å². The van der Waals surface area contributed by atoms with Crippen LogP contribution >= 0.6 is 0 Å². The van der Waals surface area contributed by atoms with Crippen molar-refractivity contribution in [3.8, 4) is 11.5 Å². The fraction of sp³-hybridized carbons (Fsp3) is 0.154. The molecule has 32 heavy (non-hydrogen) atoms. The van der Waals surface area contributed by atoms with Gasteiger partial charge in [0.25, 0.3) is 0 Å². The van der Waals surface area contributed by atoms with E-state index in [1.165, 1.54) is 5.56 Å². The number of amides is 1. The first kappa shape index (κ1) is 21.2. The second-order valence-electron chi connectivity index (χ2n) is 7.26. The lowest BCUT2D eigenvalue weighted by molar-refractivity contribution is 0.0929. The van der Waals surface area contributed by atoms with Crippen molar-refractivity contribution in [1.82, 2.24) is 5.43 Å². The molecule has 0 saturated heterocycles. The molecule has 6 heteroatoms. The molecular weight excluding hydrogens is 404 g/mol. The molecule has 1 heterocycles. The number of hydrazone groups is 1. The number of hydrogen-bond acceptors (Lipinski definition) is 5. The second-order valence-corrected chi connectivity index (χ2v) is 7.26. The molecule has 0 radical (unpaired) electrons. The molecule has 0 spiro atoms. The molecule has 0 aliphatic rings. The number of hydrogen-bond donors (Lipinski definition) is 1. The van der Waals surface area contributed by atoms with E-state index in [-0.39, 0.29) is 5.76 Å². The predicted molar refractivity (Wildman–Crippen MR) is 124 cm³/mol. The number of carbonyl (C=O) groups excluding carboxylic acids is 1. The monoisotopic (exact) mass is 428 g/mol. The average molecular weight is 428 g/mol. The number of nitrogens with zero attached hydrogens (tertiary/aromatic N) is 1. The van der Waals surface area contributed by atoms with Crippen molar-refractivity contribution < 1.29 is 18.7 Å². The zero-order valence-electron chi connectivity index (χ0n) is 18.0. The van der Waals surface area contributed by atoms with Gasteiger partial charge in [0.05, 0.1) is 12.8 Å². The number of fused-ring (bicyclic) bond motifs is 1. The third-order valence-electron chi connectivity index (χ3n) is 4.81. The molecule has 1 N–H and O–H groups in total. The highest BCUT2D eigenvalue weighted by Gasteiger charge is 2.11. The van der Waals surface area contributed by atoms with Crippen LogP contribution in [0.15, 0.2) is 82.3 Å². The topological polar surface area (TPSA) is 73.1 Å². The Morgan fingerprint density at radius 1 is 1.00 bits per heavy atom. The molecule has 162 valence electrons. The maximum Gasteiger partial charge on any atom is 0.307 e. The van der Waals surface area contributed by atoms with Gasteiger partial charge in [-0.05, 0) is 55.3 Å². The van der Waals surface area contributed by atoms with Crippen LogP contribution in [0.1, 0.15) is 34.2 Å². The lowest BCUT2D eigenvalue weighted by Crippen LogP contribution is -2.16. The van der Waals surface area contributed by atoms with E-state index in [1.807, 2.05) is 61.5 Å².